The van der Waals surface area contributed by atoms with Crippen molar-refractivity contribution in [2.24, 2.45) is 5.11 Å². The van der Waals surface area contributed by atoms with Crippen LogP contribution >= 0.6 is 0 Å². The van der Waals surface area contributed by atoms with E-state index >= 15 is 0 Å². The lowest BCUT2D eigenvalue weighted by Gasteiger charge is -2.26. The molecular weight excluding hydrogens is 488 g/mol. The van der Waals surface area contributed by atoms with Crippen LogP contribution in [-0.4, -0.2) is 70.1 Å². The Morgan fingerprint density at radius 3 is 2.42 bits per heavy atom. The van der Waals surface area contributed by atoms with E-state index in [1.165, 1.54) is 0 Å². The molecule has 1 aliphatic heterocycles. The highest BCUT2D eigenvalue weighted by molar-refractivity contribution is 6.05. The second kappa shape index (κ2) is 15.5. The molecule has 1 fully saturated rings. The second-order valence-corrected chi connectivity index (χ2v) is 8.68. The van der Waals surface area contributed by atoms with Crippen molar-refractivity contribution in [3.63, 3.8) is 0 Å². The number of ether oxygens (including phenoxy) is 3. The van der Waals surface area contributed by atoms with E-state index in [-0.39, 0.29) is 12.0 Å². The van der Waals surface area contributed by atoms with E-state index in [4.69, 9.17) is 19.7 Å². The van der Waals surface area contributed by atoms with Crippen LogP contribution in [0.5, 0.6) is 0 Å². The van der Waals surface area contributed by atoms with Crippen LogP contribution in [0.15, 0.2) is 59.3 Å². The summed E-state index contributed by atoms with van der Waals surface area (Å²) < 4.78 is 15.7. The Balaban J connectivity index is 1.68. The number of benzene rings is 2. The lowest BCUT2D eigenvalue weighted by atomic mass is 10.1. The van der Waals surface area contributed by atoms with E-state index in [0.29, 0.717) is 36.2 Å². The maximum atomic E-state index is 13.0. The van der Waals surface area contributed by atoms with Gasteiger partial charge in [0.15, 0.2) is 6.29 Å². The molecule has 11 nitrogen and oxygen atoms in total. The average Bonchev–Trinajstić information content (AvgIpc) is 2.94. The minimum Gasteiger partial charge on any atom is -0.379 e. The Bertz CT molecular complexity index is 1120. The minimum atomic E-state index is -0.423. The maximum absolute atomic E-state index is 13.0. The van der Waals surface area contributed by atoms with Gasteiger partial charge in [-0.2, -0.15) is 0 Å². The van der Waals surface area contributed by atoms with Crippen LogP contribution < -0.4 is 10.6 Å². The van der Waals surface area contributed by atoms with Gasteiger partial charge in [0.1, 0.15) is 5.70 Å². The quantitative estimate of drug-likeness (QED) is 0.103. The summed E-state index contributed by atoms with van der Waals surface area (Å²) in [6.45, 7) is 4.38. The molecule has 1 aliphatic rings. The van der Waals surface area contributed by atoms with Crippen LogP contribution in [-0.2, 0) is 25.5 Å². The highest BCUT2D eigenvalue weighted by atomic mass is 16.7. The molecule has 0 aliphatic carbocycles. The van der Waals surface area contributed by atoms with Gasteiger partial charge in [-0.05, 0) is 41.3 Å². The van der Waals surface area contributed by atoms with Crippen LogP contribution in [0.2, 0.25) is 0 Å². The zero-order valence-corrected chi connectivity index (χ0v) is 21.8. The van der Waals surface area contributed by atoms with E-state index in [2.05, 4.69) is 25.6 Å². The van der Waals surface area contributed by atoms with Gasteiger partial charge in [-0.15, -0.1) is 0 Å². The molecule has 0 bridgehead atoms. The van der Waals surface area contributed by atoms with Gasteiger partial charge < -0.3 is 24.8 Å². The fourth-order valence-corrected chi connectivity index (χ4v) is 3.89. The molecule has 0 aromatic heterocycles. The van der Waals surface area contributed by atoms with Crippen LogP contribution in [0.4, 0.5) is 5.69 Å². The molecule has 1 heterocycles. The summed E-state index contributed by atoms with van der Waals surface area (Å²) in [5.41, 5.74) is 11.3. The zero-order chi connectivity index (χ0) is 27.2. The normalized spacial score (nSPS) is 14.1. The third kappa shape index (κ3) is 9.29. The second-order valence-electron chi connectivity index (χ2n) is 8.68. The minimum absolute atomic E-state index is 0.0963. The molecule has 2 amide bonds. The number of nitrogens with one attached hydrogen (secondary N) is 2. The molecule has 0 saturated carbocycles. The van der Waals surface area contributed by atoms with Crippen molar-refractivity contribution in [3.8, 4) is 0 Å². The smallest absolute Gasteiger partial charge is 0.267 e. The van der Waals surface area contributed by atoms with Crippen molar-refractivity contribution in [2.45, 2.75) is 25.7 Å². The number of hydrogen-bond acceptors (Lipinski definition) is 7. The Morgan fingerprint density at radius 2 is 1.79 bits per heavy atom. The number of hydrogen-bond donors (Lipinski definition) is 2. The summed E-state index contributed by atoms with van der Waals surface area (Å²) in [4.78, 5) is 31.1. The molecule has 0 atom stereocenters. The summed E-state index contributed by atoms with van der Waals surface area (Å²) in [6, 6.07) is 14.0. The highest BCUT2D eigenvalue weighted by Crippen LogP contribution is 2.16. The van der Waals surface area contributed by atoms with Crippen LogP contribution in [0.3, 0.4) is 0 Å². The molecule has 202 valence electrons. The zero-order valence-electron chi connectivity index (χ0n) is 21.8. The topological polar surface area (TPSA) is 138 Å². The van der Waals surface area contributed by atoms with Crippen LogP contribution in [0.1, 0.15) is 34.3 Å². The molecule has 11 heteroatoms. The molecule has 0 unspecified atom stereocenters. The lowest BCUT2D eigenvalue weighted by molar-refractivity contribution is -0.118. The monoisotopic (exact) mass is 522 g/mol. The number of carbonyl (C=O) groups is 2. The number of azide groups is 1. The van der Waals surface area contributed by atoms with Gasteiger partial charge >= 0.3 is 0 Å². The molecule has 38 heavy (non-hydrogen) atoms. The molecule has 0 spiro atoms. The maximum Gasteiger partial charge on any atom is 0.267 e. The number of nitrogens with zero attached hydrogens (tertiary/aromatic N) is 4. The average molecular weight is 523 g/mol. The first-order valence-corrected chi connectivity index (χ1v) is 12.4. The van der Waals surface area contributed by atoms with E-state index in [1.54, 1.807) is 56.7 Å². The largest absolute Gasteiger partial charge is 0.379 e. The van der Waals surface area contributed by atoms with Gasteiger partial charge in [-0.25, -0.2) is 0 Å². The van der Waals surface area contributed by atoms with Gasteiger partial charge in [-0.3, -0.25) is 14.5 Å². The van der Waals surface area contributed by atoms with Crippen LogP contribution in [0, 0.1) is 0 Å². The number of carbonyl (C=O) groups excluding carboxylic acids is 2. The molecule has 2 N–H and O–H groups in total. The first kappa shape index (κ1) is 28.8. The van der Waals surface area contributed by atoms with Gasteiger partial charge in [-0.1, -0.05) is 41.5 Å². The fraction of sp³-hybridized carbons (Fsp3) is 0.407. The van der Waals surface area contributed by atoms with Gasteiger partial charge in [0.2, 0.25) is 0 Å². The SMILES string of the molecule is COC(CCCNC(=O)C(=Cc1ccc(N=[N+]=[N-])cc1)NC(=O)c1ccc(CN2CCOCC2)cc1)OC. The first-order chi connectivity index (χ1) is 18.5. The van der Waals surface area contributed by atoms with Gasteiger partial charge in [0, 0.05) is 63.0 Å². The first-order valence-electron chi connectivity index (χ1n) is 12.4. The van der Waals surface area contributed by atoms with Crippen molar-refractivity contribution in [2.75, 3.05) is 47.1 Å². The Labute approximate surface area is 222 Å². The molecule has 3 rings (SSSR count). The molecule has 2 aromatic rings. The van der Waals surface area contributed by atoms with Crippen molar-refractivity contribution in [1.29, 1.82) is 0 Å². The van der Waals surface area contributed by atoms with Crippen molar-refractivity contribution >= 4 is 23.6 Å². The van der Waals surface area contributed by atoms with Crippen molar-refractivity contribution in [1.82, 2.24) is 15.5 Å². The van der Waals surface area contributed by atoms with E-state index in [1.807, 2.05) is 12.1 Å². The summed E-state index contributed by atoms with van der Waals surface area (Å²) in [5.74, 6) is -0.818. The number of morpholine rings is 1. The summed E-state index contributed by atoms with van der Waals surface area (Å²) in [5, 5.41) is 9.13. The van der Waals surface area contributed by atoms with Gasteiger partial charge in [0.25, 0.3) is 11.8 Å². The Hall–Kier alpha value is -3.73. The highest BCUT2D eigenvalue weighted by Gasteiger charge is 2.16. The summed E-state index contributed by atoms with van der Waals surface area (Å²) in [7, 11) is 3.12. The molecule has 0 radical (unpaired) electrons. The standard InChI is InChI=1S/C27H34N6O5/c1-36-25(37-2)4-3-13-29-27(35)24(18-20-7-11-23(12-8-20)31-32-28)30-26(34)22-9-5-21(6-10-22)19-33-14-16-38-17-15-33/h5-12,18,25H,3-4,13-17,19H2,1-2H3,(H,29,35)(H,30,34). The molecule has 2 aromatic carbocycles. The van der Waals surface area contributed by atoms with Crippen molar-refractivity contribution < 1.29 is 23.8 Å². The lowest BCUT2D eigenvalue weighted by Crippen LogP contribution is -2.36. The predicted molar refractivity (Wildman–Crippen MR) is 143 cm³/mol. The summed E-state index contributed by atoms with van der Waals surface area (Å²) in [6.07, 6.45) is 2.47. The van der Waals surface area contributed by atoms with Gasteiger partial charge in [0.05, 0.1) is 13.2 Å². The third-order valence-electron chi connectivity index (χ3n) is 6.01. The Morgan fingerprint density at radius 1 is 1.11 bits per heavy atom. The predicted octanol–water partition coefficient (Wildman–Crippen LogP) is 3.75. The van der Waals surface area contributed by atoms with E-state index < -0.39 is 11.8 Å². The Kier molecular flexibility index (Phi) is 11.8. The van der Waals surface area contributed by atoms with Crippen LogP contribution in [0.25, 0.3) is 16.5 Å². The number of rotatable bonds is 13. The fourth-order valence-electron chi connectivity index (χ4n) is 3.89. The third-order valence-corrected chi connectivity index (χ3v) is 6.01. The van der Waals surface area contributed by atoms with E-state index in [9.17, 15) is 9.59 Å². The number of methoxy groups -OCH3 is 2. The van der Waals surface area contributed by atoms with Crippen molar-refractivity contribution in [3.05, 3.63) is 81.4 Å². The van der Waals surface area contributed by atoms with E-state index in [0.717, 1.165) is 38.4 Å². The number of amides is 2. The molecular formula is C27H34N6O5. The molecule has 1 saturated heterocycles. The summed E-state index contributed by atoms with van der Waals surface area (Å²) >= 11 is 0.